The van der Waals surface area contributed by atoms with Crippen LogP contribution < -0.4 is 5.32 Å². The van der Waals surface area contributed by atoms with Gasteiger partial charge in [-0.25, -0.2) is 4.98 Å². The number of hydrogen-bond acceptors (Lipinski definition) is 3. The number of aromatic nitrogens is 2. The first kappa shape index (κ1) is 17.2. The van der Waals surface area contributed by atoms with Crippen molar-refractivity contribution in [1.29, 1.82) is 0 Å². The van der Waals surface area contributed by atoms with Crippen LogP contribution in [0.25, 0.3) is 0 Å². The summed E-state index contributed by atoms with van der Waals surface area (Å²) in [7, 11) is -1.71. The van der Waals surface area contributed by atoms with Crippen molar-refractivity contribution in [3.63, 3.8) is 0 Å². The summed E-state index contributed by atoms with van der Waals surface area (Å²) in [5.74, 6) is 0.506. The van der Waals surface area contributed by atoms with Crippen LogP contribution >= 0.6 is 0 Å². The molecule has 0 aliphatic carbocycles. The first-order valence-electron chi connectivity index (χ1n) is 8.10. The van der Waals surface area contributed by atoms with Gasteiger partial charge in [-0.05, 0) is 24.3 Å². The van der Waals surface area contributed by atoms with Crippen LogP contribution in [0.3, 0.4) is 0 Å². The van der Waals surface area contributed by atoms with E-state index in [4.69, 9.17) is 4.74 Å². The minimum Gasteiger partial charge on any atom is -0.378 e. The molecule has 0 bridgehead atoms. The Morgan fingerprint density at radius 3 is 2.73 bits per heavy atom. The number of carbonyl (C=O) groups excluding carboxylic acids is 1. The second-order valence-corrected chi connectivity index (χ2v) is 13.5. The van der Waals surface area contributed by atoms with E-state index >= 15 is 0 Å². The van der Waals surface area contributed by atoms with Gasteiger partial charge in [0.15, 0.2) is 0 Å². The fourth-order valence-corrected chi connectivity index (χ4v) is 6.54. The lowest BCUT2D eigenvalue weighted by Crippen LogP contribution is -2.63. The van der Waals surface area contributed by atoms with Gasteiger partial charge in [0.1, 0.15) is 0 Å². The van der Waals surface area contributed by atoms with E-state index in [-0.39, 0.29) is 10.3 Å². The van der Waals surface area contributed by atoms with Gasteiger partial charge in [0.05, 0.1) is 19.5 Å². The second-order valence-electron chi connectivity index (χ2n) is 7.87. The van der Waals surface area contributed by atoms with Crippen molar-refractivity contribution in [3.8, 4) is 0 Å². The smallest absolute Gasteiger partial charge is 0.213 e. The zero-order chi connectivity index (χ0) is 16.4. The summed E-state index contributed by atoms with van der Waals surface area (Å²) >= 11 is 0. The molecule has 2 N–H and O–H groups in total. The predicted molar refractivity (Wildman–Crippen MR) is 91.7 cm³/mol. The number of carbonyl (C=O) groups is 1. The number of H-pyrrole nitrogens is 1. The highest BCUT2D eigenvalue weighted by atomic mass is 28.3. The first-order chi connectivity index (χ1) is 10.2. The SMILES string of the molecule is CC(C)(C)[Si](C)(C)C1(Cc2cnc(NC=O)[nH]2)CCCCO1. The van der Waals surface area contributed by atoms with Crippen molar-refractivity contribution >= 4 is 20.4 Å². The summed E-state index contributed by atoms with van der Waals surface area (Å²) in [4.78, 5) is 17.9. The van der Waals surface area contributed by atoms with Crippen LogP contribution in [0.2, 0.25) is 18.1 Å². The minimum atomic E-state index is -1.71. The van der Waals surface area contributed by atoms with Gasteiger partial charge in [-0.1, -0.05) is 33.9 Å². The number of anilines is 1. The summed E-state index contributed by atoms with van der Waals surface area (Å²) in [5.41, 5.74) is 1.04. The van der Waals surface area contributed by atoms with E-state index in [2.05, 4.69) is 49.1 Å². The third-order valence-electron chi connectivity index (χ3n) is 5.67. The molecule has 6 heteroatoms. The standard InChI is InChI=1S/C16H29N3O2Si/c1-15(2,3)22(4,5)16(8-6-7-9-21-16)10-13-11-17-14(19-13)18-12-20/h11-12H,6-10H2,1-5H3,(H2,17,18,19,20). The average molecular weight is 324 g/mol. The van der Waals surface area contributed by atoms with E-state index in [0.29, 0.717) is 12.4 Å². The molecule has 1 aliphatic heterocycles. The van der Waals surface area contributed by atoms with E-state index in [0.717, 1.165) is 31.6 Å². The lowest BCUT2D eigenvalue weighted by molar-refractivity contribution is -0.105. The van der Waals surface area contributed by atoms with Crippen LogP contribution in [-0.2, 0) is 16.0 Å². The number of nitrogens with zero attached hydrogens (tertiary/aromatic N) is 1. The maximum atomic E-state index is 10.5. The zero-order valence-electron chi connectivity index (χ0n) is 14.5. The number of aromatic amines is 1. The first-order valence-corrected chi connectivity index (χ1v) is 11.1. The molecule has 1 aliphatic rings. The van der Waals surface area contributed by atoms with Gasteiger partial charge in [-0.3, -0.25) is 10.1 Å². The molecular weight excluding hydrogens is 294 g/mol. The molecule has 5 nitrogen and oxygen atoms in total. The lowest BCUT2D eigenvalue weighted by Gasteiger charge is -2.53. The maximum absolute atomic E-state index is 10.5. The molecule has 0 radical (unpaired) electrons. The summed E-state index contributed by atoms with van der Waals surface area (Å²) in [6, 6.07) is 0. The van der Waals surface area contributed by atoms with E-state index in [9.17, 15) is 4.79 Å². The molecule has 22 heavy (non-hydrogen) atoms. The third kappa shape index (κ3) is 3.13. The Kier molecular flexibility index (Phi) is 4.82. The molecule has 0 aromatic carbocycles. The molecule has 1 amide bonds. The fourth-order valence-electron chi connectivity index (χ4n) is 3.27. The molecule has 1 saturated heterocycles. The quantitative estimate of drug-likeness (QED) is 0.643. The zero-order valence-corrected chi connectivity index (χ0v) is 15.5. The normalized spacial score (nSPS) is 23.3. The van der Waals surface area contributed by atoms with Crippen molar-refractivity contribution in [2.45, 2.75) is 69.8 Å². The number of amides is 1. The Hall–Kier alpha value is -1.14. The Morgan fingerprint density at radius 1 is 1.45 bits per heavy atom. The maximum Gasteiger partial charge on any atom is 0.213 e. The Morgan fingerprint density at radius 2 is 2.18 bits per heavy atom. The van der Waals surface area contributed by atoms with E-state index in [1.807, 2.05) is 6.20 Å². The predicted octanol–water partition coefficient (Wildman–Crippen LogP) is 3.51. The summed E-state index contributed by atoms with van der Waals surface area (Å²) in [6.45, 7) is 12.8. The van der Waals surface area contributed by atoms with E-state index < -0.39 is 8.07 Å². The van der Waals surface area contributed by atoms with Crippen molar-refractivity contribution in [2.75, 3.05) is 11.9 Å². The average Bonchev–Trinajstić information content (AvgIpc) is 2.86. The molecule has 1 aromatic rings. The van der Waals surface area contributed by atoms with Gasteiger partial charge in [0.2, 0.25) is 12.4 Å². The summed E-state index contributed by atoms with van der Waals surface area (Å²) in [5, 5.41) is 2.75. The number of hydrogen-bond donors (Lipinski definition) is 2. The molecule has 2 heterocycles. The van der Waals surface area contributed by atoms with Crippen molar-refractivity contribution in [1.82, 2.24) is 9.97 Å². The van der Waals surface area contributed by atoms with Crippen molar-refractivity contribution in [3.05, 3.63) is 11.9 Å². The topological polar surface area (TPSA) is 67.0 Å². The van der Waals surface area contributed by atoms with E-state index in [1.165, 1.54) is 6.42 Å². The lowest BCUT2D eigenvalue weighted by atomic mass is 10.0. The molecule has 0 spiro atoms. The highest BCUT2D eigenvalue weighted by molar-refractivity contribution is 6.82. The monoisotopic (exact) mass is 323 g/mol. The fraction of sp³-hybridized carbons (Fsp3) is 0.750. The molecule has 124 valence electrons. The van der Waals surface area contributed by atoms with Crippen molar-refractivity contribution < 1.29 is 9.53 Å². The number of nitrogens with one attached hydrogen (secondary N) is 2. The minimum absolute atomic E-state index is 0.0749. The number of rotatable bonds is 5. The summed E-state index contributed by atoms with van der Waals surface area (Å²) < 4.78 is 6.45. The number of imidazole rings is 1. The van der Waals surface area contributed by atoms with Crippen LogP contribution in [0.15, 0.2) is 6.20 Å². The van der Waals surface area contributed by atoms with E-state index in [1.54, 1.807) is 0 Å². The highest BCUT2D eigenvalue weighted by Gasteiger charge is 2.54. The van der Waals surface area contributed by atoms with Gasteiger partial charge >= 0.3 is 0 Å². The third-order valence-corrected chi connectivity index (χ3v) is 12.3. The Balaban J connectivity index is 2.31. The number of ether oxygens (including phenoxy) is 1. The largest absolute Gasteiger partial charge is 0.378 e. The summed E-state index contributed by atoms with van der Waals surface area (Å²) in [6.07, 6.45) is 6.79. The molecule has 1 atom stereocenters. The van der Waals surface area contributed by atoms with Crippen LogP contribution in [0.5, 0.6) is 0 Å². The molecule has 2 rings (SSSR count). The van der Waals surface area contributed by atoms with Crippen LogP contribution in [0, 0.1) is 0 Å². The van der Waals surface area contributed by atoms with Crippen molar-refractivity contribution in [2.24, 2.45) is 0 Å². The second kappa shape index (κ2) is 6.16. The molecule has 1 fully saturated rings. The Bertz CT molecular complexity index is 514. The molecule has 1 unspecified atom stereocenters. The molecule has 1 aromatic heterocycles. The molecule has 0 saturated carbocycles. The van der Waals surface area contributed by atoms with Crippen LogP contribution in [0.4, 0.5) is 5.95 Å². The molecular formula is C16H29N3O2Si. The van der Waals surface area contributed by atoms with Gasteiger partial charge in [-0.15, -0.1) is 0 Å². The van der Waals surface area contributed by atoms with Gasteiger partial charge in [-0.2, -0.15) is 0 Å². The van der Waals surface area contributed by atoms with Crippen LogP contribution in [0.1, 0.15) is 45.7 Å². The van der Waals surface area contributed by atoms with Crippen LogP contribution in [-0.4, -0.2) is 36.3 Å². The van der Waals surface area contributed by atoms with Gasteiger partial charge in [0.25, 0.3) is 0 Å². The van der Waals surface area contributed by atoms with Gasteiger partial charge in [0, 0.05) is 18.7 Å². The highest BCUT2D eigenvalue weighted by Crippen LogP contribution is 2.49. The Labute approximate surface area is 134 Å². The van der Waals surface area contributed by atoms with Gasteiger partial charge < -0.3 is 9.72 Å².